The molecule has 0 radical (unpaired) electrons. The molecule has 4 aromatic rings. The van der Waals surface area contributed by atoms with Crippen molar-refractivity contribution in [2.75, 3.05) is 11.9 Å². The fourth-order valence-electron chi connectivity index (χ4n) is 2.51. The van der Waals surface area contributed by atoms with Gasteiger partial charge in [0.15, 0.2) is 0 Å². The van der Waals surface area contributed by atoms with E-state index in [1.807, 2.05) is 42.5 Å². The van der Waals surface area contributed by atoms with Gasteiger partial charge in [-0.3, -0.25) is 0 Å². The average molecular weight is 348 g/mol. The van der Waals surface area contributed by atoms with E-state index in [4.69, 9.17) is 4.42 Å². The zero-order valence-corrected chi connectivity index (χ0v) is 14.2. The average Bonchev–Trinajstić information content (AvgIpc) is 3.35. The summed E-state index contributed by atoms with van der Waals surface area (Å²) in [6, 6.07) is 17.7. The molecule has 0 aliphatic heterocycles. The van der Waals surface area contributed by atoms with E-state index in [-0.39, 0.29) is 0 Å². The lowest BCUT2D eigenvalue weighted by molar-refractivity contribution is 0.584. The first kappa shape index (κ1) is 15.5. The predicted molar refractivity (Wildman–Crippen MR) is 99.5 cm³/mol. The number of nitrogens with zero attached hydrogens (tertiary/aromatic N) is 3. The van der Waals surface area contributed by atoms with E-state index < -0.39 is 0 Å². The molecule has 3 heterocycles. The Balaban J connectivity index is 1.53. The number of nitrogens with one attached hydrogen (secondary N) is 1. The summed E-state index contributed by atoms with van der Waals surface area (Å²) in [6.45, 7) is 0.796. The summed E-state index contributed by atoms with van der Waals surface area (Å²) < 4.78 is 5.85. The third-order valence-electron chi connectivity index (χ3n) is 3.73. The molecule has 0 bridgehead atoms. The number of anilines is 1. The van der Waals surface area contributed by atoms with E-state index in [1.54, 1.807) is 17.5 Å². The Morgan fingerprint density at radius 1 is 0.920 bits per heavy atom. The molecule has 0 spiro atoms. The Morgan fingerprint density at radius 2 is 1.80 bits per heavy atom. The molecule has 124 valence electrons. The summed E-state index contributed by atoms with van der Waals surface area (Å²) in [7, 11) is 0. The van der Waals surface area contributed by atoms with Gasteiger partial charge in [-0.2, -0.15) is 0 Å². The molecule has 25 heavy (non-hydrogen) atoms. The SMILES string of the molecule is c1ccc(-c2nnc(-c3cccnc3NCCc3cccs3)o2)cc1. The van der Waals surface area contributed by atoms with Crippen molar-refractivity contribution in [3.63, 3.8) is 0 Å². The monoisotopic (exact) mass is 348 g/mol. The van der Waals surface area contributed by atoms with Crippen LogP contribution in [0.15, 0.2) is 70.6 Å². The van der Waals surface area contributed by atoms with Crippen LogP contribution in [-0.2, 0) is 6.42 Å². The van der Waals surface area contributed by atoms with Gasteiger partial charge in [0.25, 0.3) is 5.89 Å². The summed E-state index contributed by atoms with van der Waals surface area (Å²) in [4.78, 5) is 5.76. The Kier molecular flexibility index (Phi) is 4.52. The van der Waals surface area contributed by atoms with E-state index in [2.05, 4.69) is 38.0 Å². The molecular weight excluding hydrogens is 332 g/mol. The molecule has 6 heteroatoms. The first-order valence-electron chi connectivity index (χ1n) is 8.01. The van der Waals surface area contributed by atoms with Crippen LogP contribution in [-0.4, -0.2) is 21.7 Å². The maximum Gasteiger partial charge on any atom is 0.251 e. The number of aromatic nitrogens is 3. The van der Waals surface area contributed by atoms with Gasteiger partial charge in [-0.1, -0.05) is 24.3 Å². The summed E-state index contributed by atoms with van der Waals surface area (Å²) in [5, 5.41) is 13.8. The molecule has 0 atom stereocenters. The molecule has 1 aromatic carbocycles. The third kappa shape index (κ3) is 3.59. The summed E-state index contributed by atoms with van der Waals surface area (Å²) >= 11 is 1.76. The van der Waals surface area contributed by atoms with Gasteiger partial charge in [0.05, 0.1) is 5.56 Å². The van der Waals surface area contributed by atoms with Gasteiger partial charge < -0.3 is 9.73 Å². The molecule has 3 aromatic heterocycles. The molecular formula is C19H16N4OS. The molecule has 0 aliphatic carbocycles. The maximum atomic E-state index is 5.85. The van der Waals surface area contributed by atoms with Crippen LogP contribution in [0.25, 0.3) is 22.9 Å². The molecule has 0 saturated carbocycles. The minimum atomic E-state index is 0.463. The number of rotatable bonds is 6. The summed E-state index contributed by atoms with van der Waals surface area (Å²) in [5.74, 6) is 1.72. The standard InChI is InChI=1S/C19H16N4OS/c1-2-6-14(7-3-1)18-22-23-19(24-18)16-9-4-11-20-17(16)21-12-10-15-8-5-13-25-15/h1-9,11,13H,10,12H2,(H,20,21). The highest BCUT2D eigenvalue weighted by Gasteiger charge is 2.14. The smallest absolute Gasteiger partial charge is 0.251 e. The van der Waals surface area contributed by atoms with Crippen molar-refractivity contribution in [3.8, 4) is 22.9 Å². The van der Waals surface area contributed by atoms with Gasteiger partial charge in [0, 0.05) is 23.2 Å². The second-order valence-corrected chi connectivity index (χ2v) is 6.47. The second kappa shape index (κ2) is 7.27. The number of benzene rings is 1. The fraction of sp³-hybridized carbons (Fsp3) is 0.105. The highest BCUT2D eigenvalue weighted by atomic mass is 32.1. The Hall–Kier alpha value is -2.99. The van der Waals surface area contributed by atoms with Crippen LogP contribution >= 0.6 is 11.3 Å². The Morgan fingerprint density at radius 3 is 2.64 bits per heavy atom. The summed E-state index contributed by atoms with van der Waals surface area (Å²) in [6.07, 6.45) is 2.71. The lowest BCUT2D eigenvalue weighted by Crippen LogP contribution is -2.06. The second-order valence-electron chi connectivity index (χ2n) is 5.43. The van der Waals surface area contributed by atoms with Crippen LogP contribution in [0, 0.1) is 0 Å². The van der Waals surface area contributed by atoms with E-state index in [0.717, 1.165) is 29.9 Å². The normalized spacial score (nSPS) is 10.7. The van der Waals surface area contributed by atoms with E-state index >= 15 is 0 Å². The van der Waals surface area contributed by atoms with Crippen LogP contribution in [0.2, 0.25) is 0 Å². The quantitative estimate of drug-likeness (QED) is 0.555. The van der Waals surface area contributed by atoms with E-state index in [9.17, 15) is 0 Å². The van der Waals surface area contributed by atoms with Gasteiger partial charge >= 0.3 is 0 Å². The zero-order valence-electron chi connectivity index (χ0n) is 13.4. The lowest BCUT2D eigenvalue weighted by atomic mass is 10.2. The molecule has 0 unspecified atom stereocenters. The van der Waals surface area contributed by atoms with Crippen LogP contribution in [0.3, 0.4) is 0 Å². The van der Waals surface area contributed by atoms with Crippen molar-refractivity contribution in [1.29, 1.82) is 0 Å². The first-order valence-corrected chi connectivity index (χ1v) is 8.89. The third-order valence-corrected chi connectivity index (χ3v) is 4.66. The highest BCUT2D eigenvalue weighted by molar-refractivity contribution is 7.09. The van der Waals surface area contributed by atoms with Gasteiger partial charge in [-0.05, 0) is 42.1 Å². The van der Waals surface area contributed by atoms with Crippen molar-refractivity contribution >= 4 is 17.2 Å². The van der Waals surface area contributed by atoms with Crippen molar-refractivity contribution < 1.29 is 4.42 Å². The largest absolute Gasteiger partial charge is 0.416 e. The molecule has 0 saturated heterocycles. The molecule has 1 N–H and O–H groups in total. The van der Waals surface area contributed by atoms with Gasteiger partial charge in [-0.15, -0.1) is 21.5 Å². The predicted octanol–water partition coefficient (Wildman–Crippen LogP) is 4.51. The number of thiophene rings is 1. The molecule has 5 nitrogen and oxygen atoms in total. The van der Waals surface area contributed by atoms with E-state index in [0.29, 0.717) is 11.8 Å². The summed E-state index contributed by atoms with van der Waals surface area (Å²) in [5.41, 5.74) is 1.71. The maximum absolute atomic E-state index is 5.85. The molecule has 0 aliphatic rings. The Labute approximate surface area is 149 Å². The number of hydrogen-bond donors (Lipinski definition) is 1. The molecule has 0 fully saturated rings. The number of hydrogen-bond acceptors (Lipinski definition) is 6. The lowest BCUT2D eigenvalue weighted by Gasteiger charge is -2.07. The van der Waals surface area contributed by atoms with Crippen molar-refractivity contribution in [3.05, 3.63) is 71.1 Å². The molecule has 4 rings (SSSR count). The van der Waals surface area contributed by atoms with Crippen LogP contribution in [0.4, 0.5) is 5.82 Å². The highest BCUT2D eigenvalue weighted by Crippen LogP contribution is 2.27. The topological polar surface area (TPSA) is 63.8 Å². The van der Waals surface area contributed by atoms with E-state index in [1.165, 1.54) is 4.88 Å². The van der Waals surface area contributed by atoms with Gasteiger partial charge in [0.1, 0.15) is 5.82 Å². The van der Waals surface area contributed by atoms with Crippen molar-refractivity contribution in [2.24, 2.45) is 0 Å². The molecule has 0 amide bonds. The number of pyridine rings is 1. The first-order chi connectivity index (χ1) is 12.4. The van der Waals surface area contributed by atoms with Crippen LogP contribution in [0.1, 0.15) is 4.88 Å². The zero-order chi connectivity index (χ0) is 16.9. The van der Waals surface area contributed by atoms with Crippen LogP contribution in [0.5, 0.6) is 0 Å². The van der Waals surface area contributed by atoms with Gasteiger partial charge in [-0.25, -0.2) is 4.98 Å². The Bertz CT molecular complexity index is 935. The fourth-order valence-corrected chi connectivity index (χ4v) is 3.22. The van der Waals surface area contributed by atoms with Gasteiger partial charge in [0.2, 0.25) is 5.89 Å². The van der Waals surface area contributed by atoms with Crippen molar-refractivity contribution in [1.82, 2.24) is 15.2 Å². The van der Waals surface area contributed by atoms with Crippen LogP contribution < -0.4 is 5.32 Å². The minimum absolute atomic E-state index is 0.463. The minimum Gasteiger partial charge on any atom is -0.416 e. The van der Waals surface area contributed by atoms with Crippen molar-refractivity contribution in [2.45, 2.75) is 6.42 Å².